The van der Waals surface area contributed by atoms with Crippen molar-refractivity contribution >= 4 is 45.6 Å². The van der Waals surface area contributed by atoms with Crippen LogP contribution in [0.5, 0.6) is 0 Å². The summed E-state index contributed by atoms with van der Waals surface area (Å²) in [7, 11) is 0. The molecule has 1 saturated heterocycles. The highest BCUT2D eigenvalue weighted by molar-refractivity contribution is 6.35. The summed E-state index contributed by atoms with van der Waals surface area (Å²) in [6, 6.07) is 12.0. The molecule has 0 atom stereocenters. The molecule has 1 aliphatic carbocycles. The molecule has 0 spiro atoms. The van der Waals surface area contributed by atoms with Crippen LogP contribution in [-0.2, 0) is 0 Å². The van der Waals surface area contributed by atoms with Crippen LogP contribution >= 0.6 is 23.2 Å². The lowest BCUT2D eigenvalue weighted by Gasteiger charge is -2.32. The normalized spacial score (nSPS) is 21.1. The summed E-state index contributed by atoms with van der Waals surface area (Å²) in [5.41, 5.74) is 4.35. The zero-order chi connectivity index (χ0) is 23.7. The Labute approximate surface area is 211 Å². The minimum Gasteiger partial charge on any atom is -0.381 e. The molecule has 0 unspecified atom stereocenters. The second-order valence-corrected chi connectivity index (χ2v) is 10.7. The fourth-order valence-corrected chi connectivity index (χ4v) is 6.06. The molecule has 0 radical (unpaired) electrons. The quantitative estimate of drug-likeness (QED) is 0.360. The van der Waals surface area contributed by atoms with Gasteiger partial charge in [-0.15, -0.1) is 0 Å². The van der Waals surface area contributed by atoms with Gasteiger partial charge in [0.25, 0.3) is 0 Å². The standard InChI is InChI=1S/C28H31Cl2N3O/c1-18(34)26-16-31-27-9-6-20(21-12-22(29)15-23(30)13-21)14-25(27)28(26)32-24-7-4-19(5-8-24)17-33-10-2-3-11-33/h6,9,12-16,19,24H,2-5,7-8,10-11,17H2,1H3,(H,31,32)/t19-,24-. The number of benzene rings is 2. The van der Waals surface area contributed by atoms with Gasteiger partial charge in [0.1, 0.15) is 0 Å². The molecule has 2 heterocycles. The van der Waals surface area contributed by atoms with E-state index in [0.29, 0.717) is 21.7 Å². The number of nitrogens with zero attached hydrogens (tertiary/aromatic N) is 2. The summed E-state index contributed by atoms with van der Waals surface area (Å²) in [5.74, 6) is 0.813. The molecule has 0 amide bonds. The first-order valence-electron chi connectivity index (χ1n) is 12.4. The average Bonchev–Trinajstić information content (AvgIpc) is 3.32. The third-order valence-corrected chi connectivity index (χ3v) is 7.79. The summed E-state index contributed by atoms with van der Waals surface area (Å²) in [5, 5.41) is 5.92. The van der Waals surface area contributed by atoms with Gasteiger partial charge < -0.3 is 10.2 Å². The predicted molar refractivity (Wildman–Crippen MR) is 142 cm³/mol. The van der Waals surface area contributed by atoms with Gasteiger partial charge in [-0.2, -0.15) is 0 Å². The number of pyridine rings is 1. The van der Waals surface area contributed by atoms with E-state index < -0.39 is 0 Å². The Kier molecular flexibility index (Phi) is 7.10. The van der Waals surface area contributed by atoms with Crippen molar-refractivity contribution in [1.82, 2.24) is 9.88 Å². The van der Waals surface area contributed by atoms with Crippen molar-refractivity contribution in [2.75, 3.05) is 25.0 Å². The van der Waals surface area contributed by atoms with E-state index >= 15 is 0 Å². The molecule has 0 bridgehead atoms. The Bertz CT molecular complexity index is 1180. The van der Waals surface area contributed by atoms with Crippen LogP contribution in [-0.4, -0.2) is 41.3 Å². The predicted octanol–water partition coefficient (Wildman–Crippen LogP) is 7.48. The largest absolute Gasteiger partial charge is 0.381 e. The Morgan fingerprint density at radius 1 is 1.00 bits per heavy atom. The maximum Gasteiger partial charge on any atom is 0.163 e. The van der Waals surface area contributed by atoms with Crippen LogP contribution in [0.3, 0.4) is 0 Å². The van der Waals surface area contributed by atoms with Crippen molar-refractivity contribution in [2.24, 2.45) is 5.92 Å². The number of hydrogen-bond donors (Lipinski definition) is 1. The lowest BCUT2D eigenvalue weighted by Crippen LogP contribution is -2.33. The van der Waals surface area contributed by atoms with Gasteiger partial charge in [-0.3, -0.25) is 9.78 Å². The summed E-state index contributed by atoms with van der Waals surface area (Å²) in [6.45, 7) is 5.39. The highest BCUT2D eigenvalue weighted by atomic mass is 35.5. The van der Waals surface area contributed by atoms with Crippen LogP contribution in [0, 0.1) is 5.92 Å². The topological polar surface area (TPSA) is 45.2 Å². The monoisotopic (exact) mass is 495 g/mol. The second kappa shape index (κ2) is 10.2. The number of carbonyl (C=O) groups is 1. The van der Waals surface area contributed by atoms with Crippen molar-refractivity contribution in [3.8, 4) is 11.1 Å². The minimum atomic E-state index is 0.0239. The van der Waals surface area contributed by atoms with Gasteiger partial charge in [0, 0.05) is 34.2 Å². The third kappa shape index (κ3) is 5.25. The molecular formula is C28H31Cl2N3O. The average molecular weight is 496 g/mol. The van der Waals surface area contributed by atoms with Gasteiger partial charge in [0.2, 0.25) is 0 Å². The first kappa shape index (κ1) is 23.6. The molecule has 1 saturated carbocycles. The number of Topliss-reactive ketones (excluding diaryl/α,β-unsaturated/α-hetero) is 1. The van der Waals surface area contributed by atoms with E-state index in [2.05, 4.69) is 21.3 Å². The maximum atomic E-state index is 12.5. The zero-order valence-electron chi connectivity index (χ0n) is 19.6. The van der Waals surface area contributed by atoms with Crippen LogP contribution in [0.4, 0.5) is 5.69 Å². The number of ketones is 1. The summed E-state index contributed by atoms with van der Waals surface area (Å²) < 4.78 is 0. The molecule has 1 aromatic heterocycles. The molecule has 34 heavy (non-hydrogen) atoms. The van der Waals surface area contributed by atoms with E-state index in [1.54, 1.807) is 19.2 Å². The molecule has 2 fully saturated rings. The van der Waals surface area contributed by atoms with Crippen molar-refractivity contribution in [3.05, 3.63) is 58.2 Å². The van der Waals surface area contributed by atoms with Crippen LogP contribution in [0.2, 0.25) is 10.0 Å². The van der Waals surface area contributed by atoms with Crippen molar-refractivity contribution in [2.45, 2.75) is 51.5 Å². The highest BCUT2D eigenvalue weighted by Crippen LogP contribution is 2.35. The molecule has 1 aliphatic heterocycles. The number of aromatic nitrogens is 1. The number of anilines is 1. The molecule has 4 nitrogen and oxygen atoms in total. The van der Waals surface area contributed by atoms with E-state index in [-0.39, 0.29) is 5.78 Å². The van der Waals surface area contributed by atoms with Gasteiger partial charge in [-0.25, -0.2) is 0 Å². The van der Waals surface area contributed by atoms with Crippen molar-refractivity contribution < 1.29 is 4.79 Å². The third-order valence-electron chi connectivity index (χ3n) is 7.35. The number of rotatable bonds is 6. The Morgan fingerprint density at radius 3 is 2.38 bits per heavy atom. The van der Waals surface area contributed by atoms with E-state index in [9.17, 15) is 4.79 Å². The fraction of sp³-hybridized carbons (Fsp3) is 0.429. The van der Waals surface area contributed by atoms with Gasteiger partial charge in [0.15, 0.2) is 5.78 Å². The molecule has 2 aliphatic rings. The van der Waals surface area contributed by atoms with Crippen LogP contribution < -0.4 is 5.32 Å². The van der Waals surface area contributed by atoms with Crippen LogP contribution in [0.15, 0.2) is 42.6 Å². The van der Waals surface area contributed by atoms with Gasteiger partial charge >= 0.3 is 0 Å². The molecule has 3 aromatic rings. The molecule has 1 N–H and O–H groups in total. The van der Waals surface area contributed by atoms with Crippen LogP contribution in [0.25, 0.3) is 22.0 Å². The number of nitrogens with one attached hydrogen (secondary N) is 1. The zero-order valence-corrected chi connectivity index (χ0v) is 21.1. The first-order valence-corrected chi connectivity index (χ1v) is 13.1. The van der Waals surface area contributed by atoms with Gasteiger partial charge in [0.05, 0.1) is 16.8 Å². The smallest absolute Gasteiger partial charge is 0.163 e. The Hall–Kier alpha value is -2.14. The van der Waals surface area contributed by atoms with E-state index in [0.717, 1.165) is 46.5 Å². The van der Waals surface area contributed by atoms with E-state index in [1.165, 1.54) is 45.3 Å². The number of carbonyl (C=O) groups excluding carboxylic acids is 1. The molecule has 6 heteroatoms. The second-order valence-electron chi connectivity index (χ2n) is 9.86. The number of hydrogen-bond acceptors (Lipinski definition) is 4. The lowest BCUT2D eigenvalue weighted by molar-refractivity contribution is 0.101. The number of fused-ring (bicyclic) bond motifs is 1. The Balaban J connectivity index is 1.42. The molecule has 5 rings (SSSR count). The number of likely N-dealkylation sites (tertiary alicyclic amines) is 1. The summed E-state index contributed by atoms with van der Waals surface area (Å²) in [4.78, 5) is 19.7. The van der Waals surface area contributed by atoms with Crippen LogP contribution in [0.1, 0.15) is 55.8 Å². The maximum absolute atomic E-state index is 12.5. The summed E-state index contributed by atoms with van der Waals surface area (Å²) >= 11 is 12.5. The number of halogens is 2. The van der Waals surface area contributed by atoms with Gasteiger partial charge in [-0.05, 0) is 106 Å². The van der Waals surface area contributed by atoms with E-state index in [1.807, 2.05) is 24.3 Å². The van der Waals surface area contributed by atoms with Gasteiger partial charge in [-0.1, -0.05) is 29.3 Å². The molecular weight excluding hydrogens is 465 g/mol. The lowest BCUT2D eigenvalue weighted by atomic mass is 9.85. The highest BCUT2D eigenvalue weighted by Gasteiger charge is 2.25. The van der Waals surface area contributed by atoms with E-state index in [4.69, 9.17) is 23.2 Å². The van der Waals surface area contributed by atoms with Crippen molar-refractivity contribution in [1.29, 1.82) is 0 Å². The SMILES string of the molecule is CC(=O)c1cnc2ccc(-c3cc(Cl)cc(Cl)c3)cc2c1N[C@H]1CC[C@H](CN2CCCC2)CC1. The minimum absolute atomic E-state index is 0.0239. The Morgan fingerprint density at radius 2 is 1.71 bits per heavy atom. The summed E-state index contributed by atoms with van der Waals surface area (Å²) in [6.07, 6.45) is 9.14. The molecule has 178 valence electrons. The molecule has 2 aromatic carbocycles. The first-order chi connectivity index (χ1) is 16.5. The van der Waals surface area contributed by atoms with Crippen molar-refractivity contribution in [3.63, 3.8) is 0 Å². The fourth-order valence-electron chi connectivity index (χ4n) is 5.54.